The molecule has 1 nitrogen and oxygen atoms in total. The summed E-state index contributed by atoms with van der Waals surface area (Å²) in [5, 5.41) is 11.5. The van der Waals surface area contributed by atoms with Gasteiger partial charge >= 0.3 is 0 Å². The smallest absolute Gasteiger partial charge is 0.0842 e. The van der Waals surface area contributed by atoms with E-state index in [4.69, 9.17) is 23.2 Å². The molecule has 0 bridgehead atoms. The van der Waals surface area contributed by atoms with E-state index in [-0.39, 0.29) is 0 Å². The molecule has 0 spiro atoms. The van der Waals surface area contributed by atoms with Gasteiger partial charge in [-0.25, -0.2) is 0 Å². The van der Waals surface area contributed by atoms with Gasteiger partial charge in [0.15, 0.2) is 0 Å². The molecule has 2 aromatic rings. The number of hydrogen-bond acceptors (Lipinski definition) is 1. The first-order valence-corrected chi connectivity index (χ1v) is 6.99. The van der Waals surface area contributed by atoms with Crippen molar-refractivity contribution in [3.05, 3.63) is 68.1 Å². The molecule has 0 saturated heterocycles. The lowest BCUT2D eigenvalue weighted by Crippen LogP contribution is -2.03. The van der Waals surface area contributed by atoms with Crippen molar-refractivity contribution in [1.29, 1.82) is 0 Å². The summed E-state index contributed by atoms with van der Waals surface area (Å²) in [5.74, 6) is 0. The summed E-state index contributed by atoms with van der Waals surface area (Å²) in [4.78, 5) is 0. The van der Waals surface area contributed by atoms with E-state index in [0.717, 1.165) is 15.6 Å². The molecule has 0 radical (unpaired) electrons. The third-order valence-electron chi connectivity index (χ3n) is 2.69. The van der Waals surface area contributed by atoms with Crippen molar-refractivity contribution in [3.8, 4) is 0 Å². The van der Waals surface area contributed by atoms with Crippen molar-refractivity contribution >= 4 is 39.1 Å². The lowest BCUT2D eigenvalue weighted by molar-refractivity contribution is 0.177. The number of aliphatic hydroxyl groups excluding tert-OH is 1. The molecule has 1 atom stereocenters. The molecule has 1 unspecified atom stereocenters. The van der Waals surface area contributed by atoms with E-state index in [1.165, 1.54) is 0 Å². The molecule has 2 rings (SSSR count). The lowest BCUT2D eigenvalue weighted by Gasteiger charge is -2.14. The minimum atomic E-state index is -0.641. The number of hydrogen-bond donors (Lipinski definition) is 1. The van der Waals surface area contributed by atoms with Gasteiger partial charge in [-0.1, -0.05) is 57.3 Å². The lowest BCUT2D eigenvalue weighted by atomic mass is 10.0. The Hall–Kier alpha value is -0.540. The number of halogens is 3. The van der Waals surface area contributed by atoms with Crippen LogP contribution in [0.25, 0.3) is 0 Å². The highest BCUT2D eigenvalue weighted by atomic mass is 79.9. The molecule has 0 heterocycles. The summed E-state index contributed by atoms with van der Waals surface area (Å²) in [6.07, 6.45) is -0.184. The zero-order chi connectivity index (χ0) is 13.1. The highest BCUT2D eigenvalue weighted by Gasteiger charge is 2.14. The van der Waals surface area contributed by atoms with Crippen LogP contribution in [0.3, 0.4) is 0 Å². The number of aliphatic hydroxyl groups is 1. The molecule has 0 saturated carbocycles. The van der Waals surface area contributed by atoms with E-state index in [1.54, 1.807) is 12.1 Å². The van der Waals surface area contributed by atoms with E-state index in [1.807, 2.05) is 30.3 Å². The fraction of sp³-hybridized carbons (Fsp3) is 0.143. The number of rotatable bonds is 3. The Morgan fingerprint density at radius 3 is 2.56 bits per heavy atom. The van der Waals surface area contributed by atoms with Gasteiger partial charge in [0.05, 0.1) is 6.10 Å². The van der Waals surface area contributed by atoms with Gasteiger partial charge in [-0.15, -0.1) is 0 Å². The molecule has 0 aromatic heterocycles. The zero-order valence-electron chi connectivity index (χ0n) is 9.41. The number of benzene rings is 2. The van der Waals surface area contributed by atoms with Crippen molar-refractivity contribution in [3.63, 3.8) is 0 Å². The van der Waals surface area contributed by atoms with E-state index in [2.05, 4.69) is 15.9 Å². The van der Waals surface area contributed by atoms with Crippen molar-refractivity contribution in [1.82, 2.24) is 0 Å². The standard InChI is InChI=1S/C14H11BrCl2O/c15-12-6-5-10(16)8-11(12)14(18)7-9-3-1-2-4-13(9)17/h1-6,8,14,18H,7H2. The van der Waals surface area contributed by atoms with Gasteiger partial charge in [0, 0.05) is 20.9 Å². The first kappa shape index (κ1) is 13.9. The molecule has 0 aliphatic rings. The van der Waals surface area contributed by atoms with Crippen LogP contribution in [-0.2, 0) is 6.42 Å². The third kappa shape index (κ3) is 3.27. The molecular formula is C14H11BrCl2O. The second kappa shape index (κ2) is 6.07. The van der Waals surface area contributed by atoms with Crippen molar-refractivity contribution < 1.29 is 5.11 Å². The van der Waals surface area contributed by atoms with Gasteiger partial charge in [0.25, 0.3) is 0 Å². The molecule has 0 aliphatic carbocycles. The first-order chi connectivity index (χ1) is 8.58. The van der Waals surface area contributed by atoms with E-state index in [0.29, 0.717) is 16.5 Å². The zero-order valence-corrected chi connectivity index (χ0v) is 12.5. The maximum absolute atomic E-state index is 10.3. The maximum atomic E-state index is 10.3. The molecule has 18 heavy (non-hydrogen) atoms. The summed E-state index contributed by atoms with van der Waals surface area (Å²) in [7, 11) is 0. The second-order valence-electron chi connectivity index (χ2n) is 3.98. The Bertz CT molecular complexity index is 557. The first-order valence-electron chi connectivity index (χ1n) is 5.44. The SMILES string of the molecule is OC(Cc1ccccc1Cl)c1cc(Cl)ccc1Br. The van der Waals surface area contributed by atoms with Crippen LogP contribution in [-0.4, -0.2) is 5.11 Å². The Balaban J connectivity index is 2.25. The predicted octanol–water partition coefficient (Wildman–Crippen LogP) is 5.03. The van der Waals surface area contributed by atoms with Crippen molar-refractivity contribution in [2.45, 2.75) is 12.5 Å². The Morgan fingerprint density at radius 1 is 1.11 bits per heavy atom. The largest absolute Gasteiger partial charge is 0.388 e. The molecule has 1 N–H and O–H groups in total. The predicted molar refractivity (Wildman–Crippen MR) is 79.3 cm³/mol. The molecule has 94 valence electrons. The molecule has 4 heteroatoms. The minimum absolute atomic E-state index is 0.457. The van der Waals surface area contributed by atoms with Gasteiger partial charge in [-0.2, -0.15) is 0 Å². The van der Waals surface area contributed by atoms with Crippen LogP contribution >= 0.6 is 39.1 Å². The summed E-state index contributed by atoms with van der Waals surface area (Å²) in [6.45, 7) is 0. The van der Waals surface area contributed by atoms with Gasteiger partial charge in [0.1, 0.15) is 0 Å². The maximum Gasteiger partial charge on any atom is 0.0842 e. The second-order valence-corrected chi connectivity index (χ2v) is 5.68. The summed E-state index contributed by atoms with van der Waals surface area (Å²) in [5.41, 5.74) is 1.68. The average molecular weight is 346 g/mol. The Morgan fingerprint density at radius 2 is 1.83 bits per heavy atom. The van der Waals surface area contributed by atoms with Crippen LogP contribution in [0, 0.1) is 0 Å². The van der Waals surface area contributed by atoms with Crippen LogP contribution in [0.5, 0.6) is 0 Å². The fourth-order valence-electron chi connectivity index (χ4n) is 1.75. The highest BCUT2D eigenvalue weighted by molar-refractivity contribution is 9.10. The van der Waals surface area contributed by atoms with Gasteiger partial charge < -0.3 is 5.11 Å². The van der Waals surface area contributed by atoms with E-state index >= 15 is 0 Å². The molecule has 0 aliphatic heterocycles. The topological polar surface area (TPSA) is 20.2 Å². The minimum Gasteiger partial charge on any atom is -0.388 e. The van der Waals surface area contributed by atoms with Crippen molar-refractivity contribution in [2.75, 3.05) is 0 Å². The normalized spacial score (nSPS) is 12.4. The third-order valence-corrected chi connectivity index (χ3v) is 4.01. The van der Waals surface area contributed by atoms with Gasteiger partial charge in [0.2, 0.25) is 0 Å². The van der Waals surface area contributed by atoms with Crippen molar-refractivity contribution in [2.24, 2.45) is 0 Å². The Kier molecular flexibility index (Phi) is 4.68. The average Bonchev–Trinajstić information content (AvgIpc) is 2.35. The summed E-state index contributed by atoms with van der Waals surface area (Å²) < 4.78 is 0.839. The van der Waals surface area contributed by atoms with Crippen LogP contribution in [0.4, 0.5) is 0 Å². The molecule has 2 aromatic carbocycles. The molecule has 0 amide bonds. The van der Waals surface area contributed by atoms with Crippen LogP contribution < -0.4 is 0 Å². The van der Waals surface area contributed by atoms with Crippen LogP contribution in [0.1, 0.15) is 17.2 Å². The van der Waals surface area contributed by atoms with Crippen LogP contribution in [0.15, 0.2) is 46.9 Å². The van der Waals surface area contributed by atoms with Gasteiger partial charge in [-0.3, -0.25) is 0 Å². The Labute approximate surface area is 124 Å². The van der Waals surface area contributed by atoms with Crippen LogP contribution in [0.2, 0.25) is 10.0 Å². The summed E-state index contributed by atoms with van der Waals surface area (Å²) >= 11 is 15.4. The monoisotopic (exact) mass is 344 g/mol. The quantitative estimate of drug-likeness (QED) is 0.826. The highest BCUT2D eigenvalue weighted by Crippen LogP contribution is 2.30. The molecular weight excluding hydrogens is 335 g/mol. The van der Waals surface area contributed by atoms with Gasteiger partial charge in [-0.05, 0) is 35.4 Å². The van der Waals surface area contributed by atoms with E-state index < -0.39 is 6.10 Å². The van der Waals surface area contributed by atoms with E-state index in [9.17, 15) is 5.11 Å². The summed E-state index contributed by atoms with van der Waals surface area (Å²) in [6, 6.07) is 12.9. The molecule has 0 fully saturated rings. The fourth-order valence-corrected chi connectivity index (χ4v) is 2.66.